The highest BCUT2D eigenvalue weighted by Crippen LogP contribution is 2.35. The first-order valence-electron chi connectivity index (χ1n) is 7.46. The number of hydrogen-bond acceptors (Lipinski definition) is 3. The van der Waals surface area contributed by atoms with Gasteiger partial charge in [-0.15, -0.1) is 0 Å². The molecule has 0 saturated carbocycles. The number of rotatable bonds is 3. The molecule has 1 fully saturated rings. The Morgan fingerprint density at radius 1 is 1.23 bits per heavy atom. The lowest BCUT2D eigenvalue weighted by atomic mass is 9.77. The molecule has 22 heavy (non-hydrogen) atoms. The molecule has 0 unspecified atom stereocenters. The Balaban J connectivity index is 1.90. The van der Waals surface area contributed by atoms with E-state index in [9.17, 15) is 8.42 Å². The van der Waals surface area contributed by atoms with Gasteiger partial charge in [-0.25, -0.2) is 8.42 Å². The lowest BCUT2D eigenvalue weighted by Crippen LogP contribution is -2.46. The average Bonchev–Trinajstić information content (AvgIpc) is 2.96. The van der Waals surface area contributed by atoms with Crippen molar-refractivity contribution in [3.8, 4) is 0 Å². The van der Waals surface area contributed by atoms with Gasteiger partial charge in [0.05, 0.1) is 6.20 Å². The van der Waals surface area contributed by atoms with Gasteiger partial charge in [-0.1, -0.05) is 37.3 Å². The van der Waals surface area contributed by atoms with Crippen molar-refractivity contribution < 1.29 is 8.42 Å². The van der Waals surface area contributed by atoms with Crippen LogP contribution in [-0.4, -0.2) is 35.6 Å². The molecule has 0 radical (unpaired) electrons. The molecule has 1 saturated heterocycles. The fraction of sp³-hybridized carbons (Fsp3) is 0.438. The van der Waals surface area contributed by atoms with Gasteiger partial charge in [0, 0.05) is 31.7 Å². The van der Waals surface area contributed by atoms with Crippen LogP contribution in [-0.2, 0) is 22.5 Å². The summed E-state index contributed by atoms with van der Waals surface area (Å²) in [6.07, 6.45) is 4.84. The van der Waals surface area contributed by atoms with Crippen LogP contribution in [0.3, 0.4) is 0 Å². The highest BCUT2D eigenvalue weighted by molar-refractivity contribution is 7.89. The molecule has 118 valence electrons. The quantitative estimate of drug-likeness (QED) is 0.871. The zero-order valence-corrected chi connectivity index (χ0v) is 13.8. The molecule has 1 aromatic carbocycles. The predicted molar refractivity (Wildman–Crippen MR) is 85.0 cm³/mol. The van der Waals surface area contributed by atoms with Gasteiger partial charge in [-0.05, 0) is 18.4 Å². The molecule has 0 aliphatic carbocycles. The number of hydrogen-bond donors (Lipinski definition) is 0. The number of benzene rings is 1. The van der Waals surface area contributed by atoms with Gasteiger partial charge in [0.1, 0.15) is 4.90 Å². The van der Waals surface area contributed by atoms with Gasteiger partial charge in [-0.3, -0.25) is 4.68 Å². The molecule has 2 aromatic rings. The Morgan fingerprint density at radius 3 is 2.59 bits per heavy atom. The Bertz CT molecular complexity index is 755. The zero-order chi connectivity index (χ0) is 15.8. The molecule has 0 spiro atoms. The normalized spacial score (nSPS) is 23.5. The Kier molecular flexibility index (Phi) is 3.82. The van der Waals surface area contributed by atoms with E-state index >= 15 is 0 Å². The van der Waals surface area contributed by atoms with Crippen molar-refractivity contribution in [2.45, 2.75) is 30.1 Å². The van der Waals surface area contributed by atoms with E-state index in [2.05, 4.69) is 24.2 Å². The van der Waals surface area contributed by atoms with Crippen LogP contribution in [0.2, 0.25) is 0 Å². The van der Waals surface area contributed by atoms with E-state index in [4.69, 9.17) is 0 Å². The van der Waals surface area contributed by atoms with Crippen LogP contribution in [0.1, 0.15) is 25.3 Å². The summed E-state index contributed by atoms with van der Waals surface area (Å²) in [6, 6.07) is 10.2. The maximum absolute atomic E-state index is 12.8. The van der Waals surface area contributed by atoms with Crippen molar-refractivity contribution in [3.05, 3.63) is 48.3 Å². The largest absolute Gasteiger partial charge is 0.274 e. The summed E-state index contributed by atoms with van der Waals surface area (Å²) in [5, 5.41) is 3.98. The minimum absolute atomic E-state index is 0.144. The number of aromatic nitrogens is 2. The van der Waals surface area contributed by atoms with E-state index in [0.717, 1.165) is 12.8 Å². The Labute approximate surface area is 131 Å². The van der Waals surface area contributed by atoms with Gasteiger partial charge >= 0.3 is 0 Å². The summed E-state index contributed by atoms with van der Waals surface area (Å²) in [5.74, 6) is 0. The number of sulfonamides is 1. The van der Waals surface area contributed by atoms with Crippen LogP contribution >= 0.6 is 0 Å². The molecule has 0 bridgehead atoms. The standard InChI is InChI=1S/C16H21N3O2S/c1-16(14-7-4-3-5-8-14)9-6-10-19(13-16)22(20,21)15-11-17-18(2)12-15/h3-5,7-8,11-12H,6,9-10,13H2,1-2H3/t16-/m0/s1. The molecule has 3 rings (SSSR count). The first kappa shape index (κ1) is 15.2. The van der Waals surface area contributed by atoms with Gasteiger partial charge < -0.3 is 0 Å². The van der Waals surface area contributed by atoms with Crippen LogP contribution in [0, 0.1) is 0 Å². The van der Waals surface area contributed by atoms with Crippen molar-refractivity contribution >= 4 is 10.0 Å². The minimum Gasteiger partial charge on any atom is -0.274 e. The minimum atomic E-state index is -3.47. The molecule has 5 nitrogen and oxygen atoms in total. The van der Waals surface area contributed by atoms with Crippen LogP contribution in [0.15, 0.2) is 47.6 Å². The van der Waals surface area contributed by atoms with Crippen molar-refractivity contribution in [2.75, 3.05) is 13.1 Å². The van der Waals surface area contributed by atoms with Crippen molar-refractivity contribution in [2.24, 2.45) is 7.05 Å². The third-order valence-electron chi connectivity index (χ3n) is 4.45. The highest BCUT2D eigenvalue weighted by Gasteiger charge is 2.38. The number of nitrogens with zero attached hydrogens (tertiary/aromatic N) is 3. The molecule has 0 amide bonds. The summed E-state index contributed by atoms with van der Waals surface area (Å²) in [5.41, 5.74) is 1.05. The second-order valence-corrected chi connectivity index (χ2v) is 8.16. The van der Waals surface area contributed by atoms with E-state index in [1.807, 2.05) is 18.2 Å². The fourth-order valence-electron chi connectivity index (χ4n) is 3.16. The van der Waals surface area contributed by atoms with Crippen LogP contribution < -0.4 is 0 Å². The smallest absolute Gasteiger partial charge is 0.246 e. The molecule has 2 heterocycles. The predicted octanol–water partition coefficient (Wildman–Crippen LogP) is 2.16. The van der Waals surface area contributed by atoms with Crippen molar-refractivity contribution in [1.82, 2.24) is 14.1 Å². The van der Waals surface area contributed by atoms with Crippen molar-refractivity contribution in [3.63, 3.8) is 0 Å². The van der Waals surface area contributed by atoms with Crippen molar-refractivity contribution in [1.29, 1.82) is 0 Å². The van der Waals surface area contributed by atoms with E-state index in [0.29, 0.717) is 13.1 Å². The van der Waals surface area contributed by atoms with E-state index < -0.39 is 10.0 Å². The van der Waals surface area contributed by atoms with Gasteiger partial charge in [0.2, 0.25) is 10.0 Å². The lowest BCUT2D eigenvalue weighted by molar-refractivity contribution is 0.240. The summed E-state index contributed by atoms with van der Waals surface area (Å²) in [6.45, 7) is 3.22. The molecular formula is C16H21N3O2S. The van der Waals surface area contributed by atoms with Crippen LogP contribution in [0.25, 0.3) is 0 Å². The van der Waals surface area contributed by atoms with Gasteiger partial charge in [0.25, 0.3) is 0 Å². The Morgan fingerprint density at radius 2 is 1.95 bits per heavy atom. The third-order valence-corrected chi connectivity index (χ3v) is 6.25. The number of aryl methyl sites for hydroxylation is 1. The second-order valence-electron chi connectivity index (χ2n) is 6.22. The summed E-state index contributed by atoms with van der Waals surface area (Å²) < 4.78 is 28.7. The van der Waals surface area contributed by atoms with E-state index in [1.54, 1.807) is 17.5 Å². The molecular weight excluding hydrogens is 298 g/mol. The molecule has 1 atom stereocenters. The fourth-order valence-corrected chi connectivity index (χ4v) is 4.74. The van der Waals surface area contributed by atoms with E-state index in [1.165, 1.54) is 16.4 Å². The zero-order valence-electron chi connectivity index (χ0n) is 12.9. The maximum Gasteiger partial charge on any atom is 0.246 e. The first-order chi connectivity index (χ1) is 10.4. The monoisotopic (exact) mass is 319 g/mol. The molecule has 1 aliphatic rings. The van der Waals surface area contributed by atoms with Gasteiger partial charge in [0.15, 0.2) is 0 Å². The van der Waals surface area contributed by atoms with E-state index in [-0.39, 0.29) is 10.3 Å². The summed E-state index contributed by atoms with van der Waals surface area (Å²) in [4.78, 5) is 0.271. The first-order valence-corrected chi connectivity index (χ1v) is 8.90. The highest BCUT2D eigenvalue weighted by atomic mass is 32.2. The van der Waals surface area contributed by atoms with Crippen LogP contribution in [0.4, 0.5) is 0 Å². The second kappa shape index (κ2) is 5.52. The molecule has 0 N–H and O–H groups in total. The Hall–Kier alpha value is -1.66. The average molecular weight is 319 g/mol. The lowest BCUT2D eigenvalue weighted by Gasteiger charge is -2.40. The van der Waals surface area contributed by atoms with Crippen LogP contribution in [0.5, 0.6) is 0 Å². The third kappa shape index (κ3) is 2.68. The molecule has 1 aromatic heterocycles. The molecule has 1 aliphatic heterocycles. The topological polar surface area (TPSA) is 55.2 Å². The maximum atomic E-state index is 12.8. The SMILES string of the molecule is Cn1cc(S(=O)(=O)N2CCC[C@](C)(c3ccccc3)C2)cn1. The summed E-state index contributed by atoms with van der Waals surface area (Å²) in [7, 11) is -1.74. The summed E-state index contributed by atoms with van der Waals surface area (Å²) >= 11 is 0. The van der Waals surface area contributed by atoms with Gasteiger partial charge in [-0.2, -0.15) is 9.40 Å². The molecule has 6 heteroatoms. The number of piperidine rings is 1.